The van der Waals surface area contributed by atoms with E-state index in [9.17, 15) is 14.7 Å². The standard InChI is InChI=1S/C25H26ClN5O4/c1-3-35-24(34)16-10-12-17(13-11-16)28-23(33)21-15(2)27-25-29-20(9-6-14-32)30-31(25)22(21)18-7-4-5-8-19(18)26/h4-5,7-8,10-13,22,32H,3,6,9,14H2,1-2H3,(H,28,33)(H,27,29,30). The molecule has 0 saturated carbocycles. The number of esters is 1. The van der Waals surface area contributed by atoms with Crippen LogP contribution in [-0.4, -0.2) is 45.0 Å². The summed E-state index contributed by atoms with van der Waals surface area (Å²) >= 11 is 6.55. The van der Waals surface area contributed by atoms with Gasteiger partial charge in [0.2, 0.25) is 5.95 Å². The monoisotopic (exact) mass is 495 g/mol. The van der Waals surface area contributed by atoms with E-state index in [0.29, 0.717) is 57.7 Å². The van der Waals surface area contributed by atoms with Crippen molar-refractivity contribution in [2.45, 2.75) is 32.7 Å². The van der Waals surface area contributed by atoms with Crippen molar-refractivity contribution in [3.8, 4) is 0 Å². The average molecular weight is 496 g/mol. The summed E-state index contributed by atoms with van der Waals surface area (Å²) in [5.74, 6) is 0.287. The molecule has 0 spiro atoms. The maximum atomic E-state index is 13.5. The lowest BCUT2D eigenvalue weighted by Gasteiger charge is -2.29. The molecule has 1 aliphatic heterocycles. The average Bonchev–Trinajstić information content (AvgIpc) is 3.25. The molecule has 0 saturated heterocycles. The van der Waals surface area contributed by atoms with Gasteiger partial charge in [-0.2, -0.15) is 10.1 Å². The number of carbonyl (C=O) groups is 2. The van der Waals surface area contributed by atoms with E-state index < -0.39 is 12.0 Å². The summed E-state index contributed by atoms with van der Waals surface area (Å²) in [7, 11) is 0. The second-order valence-corrected chi connectivity index (χ2v) is 8.37. The number of aromatic nitrogens is 3. The number of anilines is 2. The van der Waals surface area contributed by atoms with Crippen molar-refractivity contribution in [1.82, 2.24) is 14.8 Å². The van der Waals surface area contributed by atoms with E-state index in [-0.39, 0.29) is 19.1 Å². The number of carbonyl (C=O) groups excluding carboxylic acids is 2. The quantitative estimate of drug-likeness (QED) is 0.405. The van der Waals surface area contributed by atoms with Gasteiger partial charge in [0.25, 0.3) is 5.91 Å². The van der Waals surface area contributed by atoms with Crippen LogP contribution in [0, 0.1) is 0 Å². The Morgan fingerprint density at radius 3 is 2.63 bits per heavy atom. The molecule has 182 valence electrons. The first-order valence-electron chi connectivity index (χ1n) is 11.3. The van der Waals surface area contributed by atoms with Crippen LogP contribution < -0.4 is 10.6 Å². The summed E-state index contributed by atoms with van der Waals surface area (Å²) in [5.41, 5.74) is 2.67. The van der Waals surface area contributed by atoms with Gasteiger partial charge in [-0.25, -0.2) is 9.48 Å². The third-order valence-electron chi connectivity index (χ3n) is 5.55. The molecular weight excluding hydrogens is 470 g/mol. The van der Waals surface area contributed by atoms with Crippen LogP contribution in [0.1, 0.15) is 48.1 Å². The molecule has 3 aromatic rings. The Labute approximate surface area is 207 Å². The van der Waals surface area contributed by atoms with Crippen molar-refractivity contribution in [2.75, 3.05) is 23.8 Å². The number of aliphatic hydroxyl groups excluding tert-OH is 1. The Bertz CT molecular complexity index is 1270. The Morgan fingerprint density at radius 2 is 1.94 bits per heavy atom. The lowest BCUT2D eigenvalue weighted by Crippen LogP contribution is -2.31. The normalized spacial score (nSPS) is 14.8. The number of allylic oxidation sites excluding steroid dienone is 1. The molecule has 35 heavy (non-hydrogen) atoms. The molecule has 4 rings (SSSR count). The highest BCUT2D eigenvalue weighted by Gasteiger charge is 2.35. The Balaban J connectivity index is 1.68. The minimum absolute atomic E-state index is 0.0329. The summed E-state index contributed by atoms with van der Waals surface area (Å²) in [4.78, 5) is 30.0. The number of rotatable bonds is 8. The van der Waals surface area contributed by atoms with E-state index >= 15 is 0 Å². The fourth-order valence-electron chi connectivity index (χ4n) is 3.92. The summed E-state index contributed by atoms with van der Waals surface area (Å²) in [6, 6.07) is 13.2. The number of hydrogen-bond donors (Lipinski definition) is 3. The molecule has 3 N–H and O–H groups in total. The molecular formula is C25H26ClN5O4. The smallest absolute Gasteiger partial charge is 0.338 e. The Morgan fingerprint density at radius 1 is 1.20 bits per heavy atom. The van der Waals surface area contributed by atoms with Crippen molar-refractivity contribution in [2.24, 2.45) is 0 Å². The highest BCUT2D eigenvalue weighted by Crippen LogP contribution is 2.38. The molecule has 1 amide bonds. The summed E-state index contributed by atoms with van der Waals surface area (Å²) in [5, 5.41) is 20.4. The first-order chi connectivity index (χ1) is 16.9. The van der Waals surface area contributed by atoms with Crippen LogP contribution >= 0.6 is 11.6 Å². The SMILES string of the molecule is CCOC(=O)c1ccc(NC(=O)C2=C(C)Nc3nc(CCCO)nn3C2c2ccccc2Cl)cc1. The van der Waals surface area contributed by atoms with E-state index in [2.05, 4.69) is 20.7 Å². The number of ether oxygens (including phenoxy) is 1. The second kappa shape index (κ2) is 10.7. The van der Waals surface area contributed by atoms with E-state index in [1.54, 1.807) is 48.9 Å². The van der Waals surface area contributed by atoms with Gasteiger partial charge in [-0.15, -0.1) is 0 Å². The van der Waals surface area contributed by atoms with Crippen molar-refractivity contribution >= 4 is 35.1 Å². The van der Waals surface area contributed by atoms with Gasteiger partial charge in [0.15, 0.2) is 5.82 Å². The molecule has 1 atom stereocenters. The van der Waals surface area contributed by atoms with Crippen LogP contribution in [0.15, 0.2) is 59.8 Å². The molecule has 9 nitrogen and oxygen atoms in total. The lowest BCUT2D eigenvalue weighted by molar-refractivity contribution is -0.113. The van der Waals surface area contributed by atoms with Crippen LogP contribution in [0.25, 0.3) is 0 Å². The number of aryl methyl sites for hydroxylation is 1. The molecule has 1 aliphatic rings. The summed E-state index contributed by atoms with van der Waals surface area (Å²) in [6.07, 6.45) is 1.03. The molecule has 2 heterocycles. The number of amides is 1. The van der Waals surface area contributed by atoms with Gasteiger partial charge in [0.05, 0.1) is 17.7 Å². The van der Waals surface area contributed by atoms with E-state index in [1.807, 2.05) is 18.2 Å². The van der Waals surface area contributed by atoms with Gasteiger partial charge < -0.3 is 20.5 Å². The predicted octanol–water partition coefficient (Wildman–Crippen LogP) is 3.96. The van der Waals surface area contributed by atoms with Crippen LogP contribution in [0.4, 0.5) is 11.6 Å². The summed E-state index contributed by atoms with van der Waals surface area (Å²) < 4.78 is 6.66. The van der Waals surface area contributed by atoms with Gasteiger partial charge >= 0.3 is 5.97 Å². The van der Waals surface area contributed by atoms with Gasteiger partial charge in [-0.1, -0.05) is 29.8 Å². The van der Waals surface area contributed by atoms with Gasteiger partial charge in [-0.3, -0.25) is 4.79 Å². The van der Waals surface area contributed by atoms with Crippen LogP contribution in [0.3, 0.4) is 0 Å². The van der Waals surface area contributed by atoms with Gasteiger partial charge in [-0.05, 0) is 50.6 Å². The highest BCUT2D eigenvalue weighted by molar-refractivity contribution is 6.31. The van der Waals surface area contributed by atoms with Gasteiger partial charge in [0, 0.05) is 35.0 Å². The summed E-state index contributed by atoms with van der Waals surface area (Å²) in [6.45, 7) is 3.86. The maximum absolute atomic E-state index is 13.5. The fraction of sp³-hybridized carbons (Fsp3) is 0.280. The third kappa shape index (κ3) is 5.21. The largest absolute Gasteiger partial charge is 0.462 e. The number of nitrogens with one attached hydrogen (secondary N) is 2. The van der Waals surface area contributed by atoms with Gasteiger partial charge in [0.1, 0.15) is 6.04 Å². The van der Waals surface area contributed by atoms with Crippen molar-refractivity contribution in [3.05, 3.63) is 81.8 Å². The second-order valence-electron chi connectivity index (χ2n) is 7.96. The maximum Gasteiger partial charge on any atom is 0.338 e. The van der Waals surface area contributed by atoms with Crippen LogP contribution in [-0.2, 0) is 16.0 Å². The van der Waals surface area contributed by atoms with Crippen molar-refractivity contribution < 1.29 is 19.4 Å². The number of hydrogen-bond acceptors (Lipinski definition) is 7. The van der Waals surface area contributed by atoms with Crippen molar-refractivity contribution in [3.63, 3.8) is 0 Å². The molecule has 1 unspecified atom stereocenters. The number of fused-ring (bicyclic) bond motifs is 1. The third-order valence-corrected chi connectivity index (χ3v) is 5.90. The number of nitrogens with zero attached hydrogens (tertiary/aromatic N) is 3. The number of benzene rings is 2. The van der Waals surface area contributed by atoms with E-state index in [1.165, 1.54) is 0 Å². The molecule has 0 radical (unpaired) electrons. The van der Waals surface area contributed by atoms with Crippen LogP contribution in [0.5, 0.6) is 0 Å². The molecule has 0 bridgehead atoms. The minimum Gasteiger partial charge on any atom is -0.462 e. The van der Waals surface area contributed by atoms with Crippen molar-refractivity contribution in [1.29, 1.82) is 0 Å². The first-order valence-corrected chi connectivity index (χ1v) is 11.7. The number of aliphatic hydroxyl groups is 1. The molecule has 10 heteroatoms. The van der Waals surface area contributed by atoms with Crippen LogP contribution in [0.2, 0.25) is 5.02 Å². The predicted molar refractivity (Wildman–Crippen MR) is 132 cm³/mol. The van der Waals surface area contributed by atoms with E-state index in [0.717, 1.165) is 0 Å². The zero-order valence-electron chi connectivity index (χ0n) is 19.4. The molecule has 1 aromatic heterocycles. The minimum atomic E-state index is -0.617. The number of halogens is 1. The zero-order chi connectivity index (χ0) is 24.9. The molecule has 2 aromatic carbocycles. The molecule has 0 fully saturated rings. The Kier molecular flexibility index (Phi) is 7.48. The van der Waals surface area contributed by atoms with E-state index in [4.69, 9.17) is 16.3 Å². The lowest BCUT2D eigenvalue weighted by atomic mass is 9.95. The first kappa shape index (κ1) is 24.4. The Hall–Kier alpha value is -3.69. The topological polar surface area (TPSA) is 118 Å². The molecule has 0 aliphatic carbocycles. The zero-order valence-corrected chi connectivity index (χ0v) is 20.2. The highest BCUT2D eigenvalue weighted by atomic mass is 35.5. The fourth-order valence-corrected chi connectivity index (χ4v) is 4.16.